The zero-order valence-corrected chi connectivity index (χ0v) is 19.2. The van der Waals surface area contributed by atoms with Crippen LogP contribution in [0.1, 0.15) is 46.6 Å². The number of thiophene rings is 1. The maximum Gasteiger partial charge on any atom is 0.339 e. The molecule has 31 heavy (non-hydrogen) atoms. The molecule has 1 amide bonds. The lowest BCUT2D eigenvalue weighted by atomic mass is 9.93. The van der Waals surface area contributed by atoms with Gasteiger partial charge in [-0.25, -0.2) is 13.2 Å². The van der Waals surface area contributed by atoms with Crippen LogP contribution >= 0.6 is 11.3 Å². The summed E-state index contributed by atoms with van der Waals surface area (Å²) in [6.07, 6.45) is 1.82. The van der Waals surface area contributed by atoms with Crippen molar-refractivity contribution in [2.75, 3.05) is 26.7 Å². The molecule has 4 rings (SSSR count). The van der Waals surface area contributed by atoms with Crippen molar-refractivity contribution in [3.05, 3.63) is 51.7 Å². The number of hydrogen-bond donors (Lipinski definition) is 0. The van der Waals surface area contributed by atoms with Gasteiger partial charge in [0, 0.05) is 30.4 Å². The Balaban J connectivity index is 1.46. The summed E-state index contributed by atoms with van der Waals surface area (Å²) in [6.45, 7) is 3.27. The standard InChI is InChI=1S/C22H26N2O5S2/c1-15-17-10-14-30-19(17)9-13-24(15)21(25)16-7-11-23(12-8-16)31(27,28)20-6-4-3-5-18(20)22(26)29-2/h3-6,10,14-16H,7-9,11-13H2,1-2H3/t15-/m1/s1. The van der Waals surface area contributed by atoms with E-state index in [9.17, 15) is 18.0 Å². The van der Waals surface area contributed by atoms with E-state index >= 15 is 0 Å². The molecule has 1 saturated heterocycles. The molecule has 0 unspecified atom stereocenters. The van der Waals surface area contributed by atoms with Gasteiger partial charge in [-0.1, -0.05) is 12.1 Å². The zero-order valence-electron chi connectivity index (χ0n) is 17.6. The number of methoxy groups -OCH3 is 1. The number of sulfonamides is 1. The summed E-state index contributed by atoms with van der Waals surface area (Å²) in [5.41, 5.74) is 1.25. The van der Waals surface area contributed by atoms with Gasteiger partial charge >= 0.3 is 5.97 Å². The van der Waals surface area contributed by atoms with Crippen LogP contribution < -0.4 is 0 Å². The number of amides is 1. The fourth-order valence-electron chi connectivity index (χ4n) is 4.50. The van der Waals surface area contributed by atoms with Gasteiger partial charge in [0.1, 0.15) is 0 Å². The topological polar surface area (TPSA) is 84.0 Å². The summed E-state index contributed by atoms with van der Waals surface area (Å²) >= 11 is 1.74. The largest absolute Gasteiger partial charge is 0.465 e. The first-order valence-corrected chi connectivity index (χ1v) is 12.7. The van der Waals surface area contributed by atoms with Crippen molar-refractivity contribution in [1.82, 2.24) is 9.21 Å². The minimum absolute atomic E-state index is 0.0249. The first kappa shape index (κ1) is 22.0. The molecule has 1 aromatic carbocycles. The molecule has 0 bridgehead atoms. The van der Waals surface area contributed by atoms with Gasteiger partial charge in [-0.05, 0) is 55.3 Å². The molecule has 2 aromatic rings. The molecule has 2 aliphatic rings. The second-order valence-electron chi connectivity index (χ2n) is 7.92. The third-order valence-corrected chi connectivity index (χ3v) is 9.23. The van der Waals surface area contributed by atoms with Gasteiger partial charge in [-0.2, -0.15) is 4.31 Å². The second-order valence-corrected chi connectivity index (χ2v) is 10.8. The average molecular weight is 463 g/mol. The number of fused-ring (bicyclic) bond motifs is 1. The monoisotopic (exact) mass is 462 g/mol. The Hall–Kier alpha value is -2.23. The summed E-state index contributed by atoms with van der Waals surface area (Å²) in [5.74, 6) is -0.766. The molecule has 0 spiro atoms. The van der Waals surface area contributed by atoms with Crippen LogP contribution in [-0.2, 0) is 26.0 Å². The SMILES string of the molecule is COC(=O)c1ccccc1S(=O)(=O)N1CCC(C(=O)N2CCc3sccc3[C@H]2C)CC1. The van der Waals surface area contributed by atoms with E-state index in [1.54, 1.807) is 23.5 Å². The van der Waals surface area contributed by atoms with Crippen LogP contribution in [0.4, 0.5) is 0 Å². The lowest BCUT2D eigenvalue weighted by Gasteiger charge is -2.38. The fourth-order valence-corrected chi connectivity index (χ4v) is 7.11. The number of benzene rings is 1. The molecule has 9 heteroatoms. The van der Waals surface area contributed by atoms with Crippen molar-refractivity contribution in [3.63, 3.8) is 0 Å². The number of esters is 1. The van der Waals surface area contributed by atoms with E-state index < -0.39 is 16.0 Å². The molecule has 0 saturated carbocycles. The van der Waals surface area contributed by atoms with Gasteiger partial charge < -0.3 is 9.64 Å². The molecule has 0 radical (unpaired) electrons. The average Bonchev–Trinajstić information content (AvgIpc) is 3.28. The van der Waals surface area contributed by atoms with E-state index in [0.29, 0.717) is 19.4 Å². The van der Waals surface area contributed by atoms with Crippen LogP contribution in [0.5, 0.6) is 0 Å². The van der Waals surface area contributed by atoms with Gasteiger partial charge in [-0.15, -0.1) is 11.3 Å². The Morgan fingerprint density at radius 1 is 1.10 bits per heavy atom. The van der Waals surface area contributed by atoms with Crippen molar-refractivity contribution in [2.45, 2.75) is 37.1 Å². The van der Waals surface area contributed by atoms with Gasteiger partial charge in [0.15, 0.2) is 0 Å². The van der Waals surface area contributed by atoms with Crippen LogP contribution in [0.15, 0.2) is 40.6 Å². The van der Waals surface area contributed by atoms with E-state index in [1.807, 2.05) is 4.90 Å². The number of nitrogens with zero attached hydrogens (tertiary/aromatic N) is 2. The highest BCUT2D eigenvalue weighted by molar-refractivity contribution is 7.89. The number of carbonyl (C=O) groups is 2. The number of carbonyl (C=O) groups excluding carboxylic acids is 2. The van der Waals surface area contributed by atoms with Crippen LogP contribution in [-0.4, -0.2) is 56.2 Å². The smallest absolute Gasteiger partial charge is 0.339 e. The molecule has 3 heterocycles. The van der Waals surface area contributed by atoms with Crippen molar-refractivity contribution in [2.24, 2.45) is 5.92 Å². The molecular weight excluding hydrogens is 436 g/mol. The van der Waals surface area contributed by atoms with E-state index in [1.165, 1.54) is 34.0 Å². The molecule has 1 fully saturated rings. The first-order chi connectivity index (χ1) is 14.8. The van der Waals surface area contributed by atoms with E-state index in [2.05, 4.69) is 18.4 Å². The van der Waals surface area contributed by atoms with Crippen molar-refractivity contribution in [3.8, 4) is 0 Å². The summed E-state index contributed by atoms with van der Waals surface area (Å²) < 4.78 is 32.5. The van der Waals surface area contributed by atoms with Crippen molar-refractivity contribution >= 4 is 33.2 Å². The number of rotatable bonds is 4. The highest BCUT2D eigenvalue weighted by Crippen LogP contribution is 2.35. The summed E-state index contributed by atoms with van der Waals surface area (Å²) in [4.78, 5) is 28.5. The first-order valence-electron chi connectivity index (χ1n) is 10.4. The molecular formula is C22H26N2O5S2. The van der Waals surface area contributed by atoms with E-state index in [4.69, 9.17) is 4.74 Å². The fraction of sp³-hybridized carbons (Fsp3) is 0.455. The van der Waals surface area contributed by atoms with Crippen molar-refractivity contribution < 1.29 is 22.7 Å². The predicted molar refractivity (Wildman–Crippen MR) is 117 cm³/mol. The quantitative estimate of drug-likeness (QED) is 0.652. The summed E-state index contributed by atoms with van der Waals surface area (Å²) in [5, 5.41) is 2.07. The Labute approximate surface area is 186 Å². The molecule has 1 atom stereocenters. The molecule has 7 nitrogen and oxygen atoms in total. The molecule has 0 aliphatic carbocycles. The third-order valence-electron chi connectivity index (χ3n) is 6.27. The maximum absolute atomic E-state index is 13.2. The summed E-state index contributed by atoms with van der Waals surface area (Å²) in [7, 11) is -2.63. The Kier molecular flexibility index (Phi) is 6.18. The molecule has 166 valence electrons. The highest BCUT2D eigenvalue weighted by atomic mass is 32.2. The van der Waals surface area contributed by atoms with Crippen LogP contribution in [0.25, 0.3) is 0 Å². The Morgan fingerprint density at radius 3 is 2.52 bits per heavy atom. The second kappa shape index (κ2) is 8.72. The normalized spacial score (nSPS) is 20.3. The third kappa shape index (κ3) is 4.02. The predicted octanol–water partition coefficient (Wildman–Crippen LogP) is 3.08. The molecule has 1 aromatic heterocycles. The van der Waals surface area contributed by atoms with E-state index in [0.717, 1.165) is 6.42 Å². The number of hydrogen-bond acceptors (Lipinski definition) is 6. The molecule has 0 N–H and O–H groups in total. The number of piperidine rings is 1. The minimum Gasteiger partial charge on any atom is -0.465 e. The molecule has 2 aliphatic heterocycles. The van der Waals surface area contributed by atoms with Gasteiger partial charge in [-0.3, -0.25) is 4.79 Å². The van der Waals surface area contributed by atoms with Crippen LogP contribution in [0.2, 0.25) is 0 Å². The highest BCUT2D eigenvalue weighted by Gasteiger charge is 2.37. The van der Waals surface area contributed by atoms with Crippen LogP contribution in [0.3, 0.4) is 0 Å². The lowest BCUT2D eigenvalue weighted by Crippen LogP contribution is -2.46. The minimum atomic E-state index is -3.86. The van der Waals surface area contributed by atoms with Gasteiger partial charge in [0.25, 0.3) is 0 Å². The van der Waals surface area contributed by atoms with E-state index in [-0.39, 0.29) is 41.4 Å². The van der Waals surface area contributed by atoms with Gasteiger partial charge in [0.05, 0.1) is 23.6 Å². The number of ether oxygens (including phenoxy) is 1. The van der Waals surface area contributed by atoms with Gasteiger partial charge in [0.2, 0.25) is 15.9 Å². The maximum atomic E-state index is 13.2. The summed E-state index contributed by atoms with van der Waals surface area (Å²) in [6, 6.07) is 8.22. The Bertz CT molecular complexity index is 1090. The Morgan fingerprint density at radius 2 is 1.81 bits per heavy atom. The zero-order chi connectivity index (χ0) is 22.2. The van der Waals surface area contributed by atoms with Crippen molar-refractivity contribution in [1.29, 1.82) is 0 Å². The lowest BCUT2D eigenvalue weighted by molar-refractivity contribution is -0.139. The van der Waals surface area contributed by atoms with Crippen LogP contribution in [0, 0.1) is 5.92 Å².